The summed E-state index contributed by atoms with van der Waals surface area (Å²) in [5.41, 5.74) is 7.58. The maximum absolute atomic E-state index is 12.4. The van der Waals surface area contributed by atoms with E-state index in [4.69, 9.17) is 5.73 Å². The van der Waals surface area contributed by atoms with E-state index >= 15 is 0 Å². The van der Waals surface area contributed by atoms with Crippen LogP contribution in [0.1, 0.15) is 39.2 Å². The maximum atomic E-state index is 12.4. The molecule has 3 N–H and O–H groups in total. The molecule has 0 saturated carbocycles. The summed E-state index contributed by atoms with van der Waals surface area (Å²) < 4.78 is 0. The number of rotatable bonds is 4. The molecule has 4 heteroatoms. The first-order valence-corrected chi connectivity index (χ1v) is 7.30. The van der Waals surface area contributed by atoms with Crippen LogP contribution < -0.4 is 11.1 Å². The molecule has 1 aliphatic rings. The van der Waals surface area contributed by atoms with Crippen LogP contribution >= 0.6 is 0 Å². The summed E-state index contributed by atoms with van der Waals surface area (Å²) in [6.45, 7) is 7.87. The smallest absolute Gasteiger partial charge is 0.241 e. The van der Waals surface area contributed by atoms with Crippen molar-refractivity contribution in [2.75, 3.05) is 11.9 Å². The van der Waals surface area contributed by atoms with Gasteiger partial charge in [-0.1, -0.05) is 12.1 Å². The second-order valence-electron chi connectivity index (χ2n) is 6.18. The van der Waals surface area contributed by atoms with Gasteiger partial charge < -0.3 is 11.1 Å². The Hall–Kier alpha value is -1.39. The highest BCUT2D eigenvalue weighted by atomic mass is 16.2. The molecule has 0 aromatic heterocycles. The molecule has 1 unspecified atom stereocenters. The Balaban J connectivity index is 2.04. The SMILES string of the molecule is CC(C(=O)Nc1cccc(CN)c1)N1CCCC1(C)C. The number of nitrogens with zero attached hydrogens (tertiary/aromatic N) is 1. The zero-order valence-electron chi connectivity index (χ0n) is 12.6. The number of anilines is 1. The molecule has 4 nitrogen and oxygen atoms in total. The fraction of sp³-hybridized carbons (Fsp3) is 0.562. The second-order valence-corrected chi connectivity index (χ2v) is 6.18. The van der Waals surface area contributed by atoms with E-state index in [1.54, 1.807) is 0 Å². The lowest BCUT2D eigenvalue weighted by Gasteiger charge is -2.35. The first-order chi connectivity index (χ1) is 9.44. The summed E-state index contributed by atoms with van der Waals surface area (Å²) in [5, 5.41) is 2.99. The zero-order valence-corrected chi connectivity index (χ0v) is 12.6. The van der Waals surface area contributed by atoms with Gasteiger partial charge in [0.05, 0.1) is 6.04 Å². The molecule has 1 fully saturated rings. The first-order valence-electron chi connectivity index (χ1n) is 7.30. The molecular weight excluding hydrogens is 250 g/mol. The highest BCUT2D eigenvalue weighted by molar-refractivity contribution is 5.94. The monoisotopic (exact) mass is 275 g/mol. The Labute approximate surface area is 121 Å². The van der Waals surface area contributed by atoms with Crippen LogP contribution in [-0.4, -0.2) is 28.9 Å². The van der Waals surface area contributed by atoms with Gasteiger partial charge in [-0.15, -0.1) is 0 Å². The quantitative estimate of drug-likeness (QED) is 0.887. The van der Waals surface area contributed by atoms with Crippen molar-refractivity contribution >= 4 is 11.6 Å². The highest BCUT2D eigenvalue weighted by Crippen LogP contribution is 2.30. The van der Waals surface area contributed by atoms with Crippen molar-refractivity contribution in [1.82, 2.24) is 4.90 Å². The molecule has 110 valence electrons. The van der Waals surface area contributed by atoms with E-state index in [0.717, 1.165) is 30.6 Å². The first kappa shape index (κ1) is 15.0. The summed E-state index contributed by atoms with van der Waals surface area (Å²) in [6, 6.07) is 7.60. The van der Waals surface area contributed by atoms with Crippen molar-refractivity contribution in [2.45, 2.75) is 51.7 Å². The largest absolute Gasteiger partial charge is 0.326 e. The lowest BCUT2D eigenvalue weighted by Crippen LogP contribution is -2.49. The minimum absolute atomic E-state index is 0.0501. The third kappa shape index (κ3) is 3.19. The molecule has 0 aliphatic carbocycles. The van der Waals surface area contributed by atoms with Gasteiger partial charge in [-0.2, -0.15) is 0 Å². The van der Waals surface area contributed by atoms with Crippen LogP contribution in [0.25, 0.3) is 0 Å². The summed E-state index contributed by atoms with van der Waals surface area (Å²) in [7, 11) is 0. The predicted molar refractivity (Wildman–Crippen MR) is 82.4 cm³/mol. The Bertz CT molecular complexity index is 484. The Morgan fingerprint density at radius 1 is 1.50 bits per heavy atom. The number of amides is 1. The average molecular weight is 275 g/mol. The molecule has 20 heavy (non-hydrogen) atoms. The average Bonchev–Trinajstić information content (AvgIpc) is 2.77. The van der Waals surface area contributed by atoms with E-state index < -0.39 is 0 Å². The topological polar surface area (TPSA) is 58.4 Å². The third-order valence-corrected chi connectivity index (χ3v) is 4.24. The Morgan fingerprint density at radius 3 is 2.85 bits per heavy atom. The minimum atomic E-state index is -0.117. The fourth-order valence-electron chi connectivity index (χ4n) is 3.01. The Morgan fingerprint density at radius 2 is 2.25 bits per heavy atom. The molecule has 2 rings (SSSR count). The van der Waals surface area contributed by atoms with Crippen molar-refractivity contribution in [3.05, 3.63) is 29.8 Å². The van der Waals surface area contributed by atoms with E-state index in [2.05, 4.69) is 24.1 Å². The number of likely N-dealkylation sites (tertiary alicyclic amines) is 1. The number of benzene rings is 1. The van der Waals surface area contributed by atoms with Crippen molar-refractivity contribution < 1.29 is 4.79 Å². The number of carbonyl (C=O) groups is 1. The summed E-state index contributed by atoms with van der Waals surface area (Å²) in [6.07, 6.45) is 2.31. The summed E-state index contributed by atoms with van der Waals surface area (Å²) in [5.74, 6) is 0.0501. The summed E-state index contributed by atoms with van der Waals surface area (Å²) >= 11 is 0. The minimum Gasteiger partial charge on any atom is -0.326 e. The van der Waals surface area contributed by atoms with Gasteiger partial charge >= 0.3 is 0 Å². The number of carbonyl (C=O) groups excluding carboxylic acids is 1. The third-order valence-electron chi connectivity index (χ3n) is 4.24. The molecule has 1 heterocycles. The number of nitrogens with two attached hydrogens (primary N) is 1. The fourth-order valence-corrected chi connectivity index (χ4v) is 3.01. The van der Waals surface area contributed by atoms with Gasteiger partial charge in [0, 0.05) is 17.8 Å². The van der Waals surface area contributed by atoms with E-state index in [0.29, 0.717) is 6.54 Å². The van der Waals surface area contributed by atoms with Crippen LogP contribution in [0, 0.1) is 0 Å². The highest BCUT2D eigenvalue weighted by Gasteiger charge is 2.37. The molecule has 1 aliphatic heterocycles. The van der Waals surface area contributed by atoms with Gasteiger partial charge in [0.25, 0.3) is 0 Å². The van der Waals surface area contributed by atoms with Gasteiger partial charge in [-0.25, -0.2) is 0 Å². The van der Waals surface area contributed by atoms with Crippen molar-refractivity contribution in [3.8, 4) is 0 Å². The van der Waals surface area contributed by atoms with E-state index in [9.17, 15) is 4.79 Å². The molecule has 1 aromatic rings. The van der Waals surface area contributed by atoms with Crippen molar-refractivity contribution in [3.63, 3.8) is 0 Å². The zero-order chi connectivity index (χ0) is 14.8. The van der Waals surface area contributed by atoms with Gasteiger partial charge in [-0.05, 0) is 57.9 Å². The standard InChI is InChI=1S/C16H25N3O/c1-12(19-9-5-8-16(19,2)3)15(20)18-14-7-4-6-13(10-14)11-17/h4,6-7,10,12H,5,8-9,11,17H2,1-3H3,(H,18,20). The van der Waals surface area contributed by atoms with Gasteiger partial charge in [0.1, 0.15) is 0 Å². The number of hydrogen-bond donors (Lipinski definition) is 2. The van der Waals surface area contributed by atoms with Crippen LogP contribution in [0.3, 0.4) is 0 Å². The van der Waals surface area contributed by atoms with Crippen molar-refractivity contribution in [2.24, 2.45) is 5.73 Å². The van der Waals surface area contributed by atoms with E-state index in [1.807, 2.05) is 31.2 Å². The van der Waals surface area contributed by atoms with Crippen molar-refractivity contribution in [1.29, 1.82) is 0 Å². The molecule has 1 amide bonds. The number of nitrogens with one attached hydrogen (secondary N) is 1. The van der Waals surface area contributed by atoms with E-state index in [1.165, 1.54) is 0 Å². The lowest BCUT2D eigenvalue weighted by atomic mass is 10.0. The van der Waals surface area contributed by atoms with Crippen LogP contribution in [0.4, 0.5) is 5.69 Å². The predicted octanol–water partition coefficient (Wildman–Crippen LogP) is 2.35. The van der Waals surface area contributed by atoms with Crippen LogP contribution in [0.5, 0.6) is 0 Å². The van der Waals surface area contributed by atoms with Crippen LogP contribution in [0.15, 0.2) is 24.3 Å². The van der Waals surface area contributed by atoms with Crippen LogP contribution in [-0.2, 0) is 11.3 Å². The lowest BCUT2D eigenvalue weighted by molar-refractivity contribution is -0.122. The maximum Gasteiger partial charge on any atom is 0.241 e. The van der Waals surface area contributed by atoms with Gasteiger partial charge in [0.15, 0.2) is 0 Å². The molecule has 0 spiro atoms. The second kappa shape index (κ2) is 5.94. The van der Waals surface area contributed by atoms with Gasteiger partial charge in [-0.3, -0.25) is 9.69 Å². The molecular formula is C16H25N3O. The molecule has 1 saturated heterocycles. The summed E-state index contributed by atoms with van der Waals surface area (Å²) in [4.78, 5) is 14.7. The molecule has 0 radical (unpaired) electrons. The molecule has 0 bridgehead atoms. The number of hydrogen-bond acceptors (Lipinski definition) is 3. The van der Waals surface area contributed by atoms with Gasteiger partial charge in [0.2, 0.25) is 5.91 Å². The van der Waals surface area contributed by atoms with Crippen LogP contribution in [0.2, 0.25) is 0 Å². The molecule has 1 aromatic carbocycles. The Kier molecular flexibility index (Phi) is 4.45. The normalized spacial score (nSPS) is 19.8. The van der Waals surface area contributed by atoms with E-state index in [-0.39, 0.29) is 17.5 Å². The molecule has 1 atom stereocenters.